The number of hydrogen-bond acceptors (Lipinski definition) is 8. The average molecular weight is 577 g/mol. The summed E-state index contributed by atoms with van der Waals surface area (Å²) in [5.41, 5.74) is 6.24. The van der Waals surface area contributed by atoms with Crippen molar-refractivity contribution in [3.63, 3.8) is 0 Å². The van der Waals surface area contributed by atoms with Crippen molar-refractivity contribution in [2.45, 2.75) is 20.1 Å². The van der Waals surface area contributed by atoms with Gasteiger partial charge in [-0.1, -0.05) is 31.2 Å². The molecule has 0 saturated carbocycles. The van der Waals surface area contributed by atoms with Crippen LogP contribution in [0.15, 0.2) is 67.3 Å². The minimum atomic E-state index is -3.10. The van der Waals surface area contributed by atoms with Gasteiger partial charge >= 0.3 is 6.61 Å². The first-order chi connectivity index (χ1) is 20.4. The molecule has 0 spiro atoms. The fraction of sp³-hybridized carbons (Fsp3) is 0.276. The normalized spacial score (nSPS) is 14.4. The van der Waals surface area contributed by atoms with Crippen molar-refractivity contribution in [1.82, 2.24) is 29.5 Å². The first kappa shape index (κ1) is 28.6. The summed E-state index contributed by atoms with van der Waals surface area (Å²) < 4.78 is 33.3. The van der Waals surface area contributed by atoms with Crippen LogP contribution >= 0.6 is 0 Å². The maximum Gasteiger partial charge on any atom is 0.387 e. The number of nitrogens with two attached hydrogens (primary N) is 1. The van der Waals surface area contributed by atoms with Crippen molar-refractivity contribution in [3.8, 4) is 17.0 Å². The molecule has 4 aromatic rings. The van der Waals surface area contributed by atoms with Gasteiger partial charge in [-0.2, -0.15) is 13.9 Å². The second-order valence-electron chi connectivity index (χ2n) is 9.58. The number of fused-ring (bicyclic) bond motifs is 1. The Morgan fingerprint density at radius 3 is 2.40 bits per heavy atom. The quantitative estimate of drug-likeness (QED) is 0.291. The number of aromatic nitrogens is 4. The SMILES string of the molecule is CCN1CCN(C(=O)Cn2cc(NC(=O)C(=CN)c3ncccn3)c(-c3cc4ccccc4cc3OC(F)F)n2)CC1. The van der Waals surface area contributed by atoms with Gasteiger partial charge in [0.25, 0.3) is 5.91 Å². The highest BCUT2D eigenvalue weighted by molar-refractivity contribution is 6.24. The van der Waals surface area contributed by atoms with Crippen molar-refractivity contribution in [2.75, 3.05) is 38.0 Å². The number of carbonyl (C=O) groups excluding carboxylic acids is 2. The van der Waals surface area contributed by atoms with Crippen LogP contribution in [0, 0.1) is 0 Å². The average Bonchev–Trinajstić information content (AvgIpc) is 3.38. The molecule has 1 saturated heterocycles. The van der Waals surface area contributed by atoms with Crippen molar-refractivity contribution < 1.29 is 23.1 Å². The summed E-state index contributed by atoms with van der Waals surface area (Å²) >= 11 is 0. The number of amides is 2. The minimum absolute atomic E-state index is 0.0123. The van der Waals surface area contributed by atoms with Gasteiger partial charge in [0.1, 0.15) is 18.0 Å². The summed E-state index contributed by atoms with van der Waals surface area (Å²) in [5, 5.41) is 8.74. The predicted molar refractivity (Wildman–Crippen MR) is 153 cm³/mol. The van der Waals surface area contributed by atoms with Crippen molar-refractivity contribution in [2.24, 2.45) is 5.73 Å². The van der Waals surface area contributed by atoms with E-state index in [4.69, 9.17) is 10.5 Å². The third-order valence-electron chi connectivity index (χ3n) is 7.02. The summed E-state index contributed by atoms with van der Waals surface area (Å²) in [5.74, 6) is -0.836. The van der Waals surface area contributed by atoms with Gasteiger partial charge in [0.15, 0.2) is 5.82 Å². The van der Waals surface area contributed by atoms with E-state index in [1.165, 1.54) is 29.3 Å². The number of carbonyl (C=O) groups is 2. The lowest BCUT2D eigenvalue weighted by atomic mass is 10.0. The van der Waals surface area contributed by atoms with Crippen LogP contribution in [0.2, 0.25) is 0 Å². The maximum atomic E-state index is 13.5. The molecule has 0 bridgehead atoms. The Morgan fingerprint density at radius 2 is 1.76 bits per heavy atom. The molecule has 1 fully saturated rings. The summed E-state index contributed by atoms with van der Waals surface area (Å²) in [6.45, 7) is 2.49. The molecule has 0 radical (unpaired) electrons. The number of halogens is 2. The van der Waals surface area contributed by atoms with E-state index in [-0.39, 0.29) is 46.5 Å². The van der Waals surface area contributed by atoms with Crippen LogP contribution < -0.4 is 15.8 Å². The zero-order valence-electron chi connectivity index (χ0n) is 22.9. The highest BCUT2D eigenvalue weighted by atomic mass is 19.3. The number of nitrogens with zero attached hydrogens (tertiary/aromatic N) is 6. The predicted octanol–water partition coefficient (Wildman–Crippen LogP) is 3.20. The van der Waals surface area contributed by atoms with E-state index < -0.39 is 12.5 Å². The molecule has 0 aliphatic carbocycles. The lowest BCUT2D eigenvalue weighted by molar-refractivity contribution is -0.133. The summed E-state index contributed by atoms with van der Waals surface area (Å²) in [6, 6.07) is 11.9. The zero-order valence-corrected chi connectivity index (χ0v) is 22.9. The number of benzene rings is 2. The van der Waals surface area contributed by atoms with Crippen LogP contribution in [0.4, 0.5) is 14.5 Å². The molecular formula is C29H30F2N8O3. The number of nitrogens with one attached hydrogen (secondary N) is 1. The van der Waals surface area contributed by atoms with E-state index in [1.54, 1.807) is 29.2 Å². The molecule has 2 amide bonds. The summed E-state index contributed by atoms with van der Waals surface area (Å²) in [7, 11) is 0. The van der Waals surface area contributed by atoms with Gasteiger partial charge in [0.2, 0.25) is 5.91 Å². The summed E-state index contributed by atoms with van der Waals surface area (Å²) in [6.07, 6.45) is 5.50. The molecule has 13 heteroatoms. The standard InChI is InChI=1S/C29H30F2N8O3/c1-2-37-10-12-38(13-11-37)25(40)18-39-17-23(35-28(41)22(16-32)27-33-8-5-9-34-27)26(36-39)21-14-19-6-3-4-7-20(19)15-24(21)42-29(30)31/h3-9,14-17,29H,2,10-13,18,32H2,1H3,(H,35,41). The summed E-state index contributed by atoms with van der Waals surface area (Å²) in [4.78, 5) is 38.7. The van der Waals surface area contributed by atoms with Crippen LogP contribution in [-0.4, -0.2) is 80.7 Å². The lowest BCUT2D eigenvalue weighted by Crippen LogP contribution is -2.49. The number of hydrogen-bond donors (Lipinski definition) is 2. The van der Waals surface area contributed by atoms with Gasteiger partial charge in [-0.05, 0) is 35.5 Å². The van der Waals surface area contributed by atoms with Gasteiger partial charge in [-0.25, -0.2) is 9.97 Å². The monoisotopic (exact) mass is 576 g/mol. The molecule has 5 rings (SSSR count). The van der Waals surface area contributed by atoms with Crippen LogP contribution in [0.1, 0.15) is 12.7 Å². The van der Waals surface area contributed by atoms with E-state index >= 15 is 0 Å². The Balaban J connectivity index is 1.53. The molecule has 11 nitrogen and oxygen atoms in total. The first-order valence-electron chi connectivity index (χ1n) is 13.4. The Bertz CT molecular complexity index is 1600. The Labute approximate surface area is 240 Å². The number of ether oxygens (including phenoxy) is 1. The number of rotatable bonds is 9. The fourth-order valence-electron chi connectivity index (χ4n) is 4.82. The molecule has 2 aromatic heterocycles. The Hall–Kier alpha value is -4.91. The molecule has 0 unspecified atom stereocenters. The van der Waals surface area contributed by atoms with E-state index in [1.807, 2.05) is 12.1 Å². The van der Waals surface area contributed by atoms with Gasteiger partial charge < -0.3 is 25.6 Å². The van der Waals surface area contributed by atoms with Gasteiger partial charge in [0, 0.05) is 56.5 Å². The zero-order chi connectivity index (χ0) is 29.6. The first-order valence-corrected chi connectivity index (χ1v) is 13.4. The fourth-order valence-corrected chi connectivity index (χ4v) is 4.82. The smallest absolute Gasteiger partial charge is 0.387 e. The topological polar surface area (TPSA) is 132 Å². The van der Waals surface area contributed by atoms with E-state index in [9.17, 15) is 18.4 Å². The Kier molecular flexibility index (Phi) is 8.67. The highest BCUT2D eigenvalue weighted by Crippen LogP contribution is 2.38. The van der Waals surface area contributed by atoms with Gasteiger partial charge in [-0.15, -0.1) is 0 Å². The second-order valence-corrected chi connectivity index (χ2v) is 9.58. The molecule has 3 N–H and O–H groups in total. The third-order valence-corrected chi connectivity index (χ3v) is 7.02. The van der Waals surface area contributed by atoms with Crippen LogP contribution in [0.3, 0.4) is 0 Å². The molecule has 2 aromatic carbocycles. The van der Waals surface area contributed by atoms with Gasteiger partial charge in [0.05, 0.1) is 11.3 Å². The van der Waals surface area contributed by atoms with Gasteiger partial charge in [-0.3, -0.25) is 14.3 Å². The molecular weight excluding hydrogens is 546 g/mol. The third kappa shape index (κ3) is 6.36. The number of likely N-dealkylation sites (N-methyl/N-ethyl adjacent to an activating group) is 1. The minimum Gasteiger partial charge on any atom is -0.434 e. The molecule has 1 aliphatic rings. The van der Waals surface area contributed by atoms with Crippen molar-refractivity contribution in [1.29, 1.82) is 0 Å². The molecule has 42 heavy (non-hydrogen) atoms. The van der Waals surface area contributed by atoms with E-state index in [0.717, 1.165) is 31.2 Å². The largest absolute Gasteiger partial charge is 0.434 e. The highest BCUT2D eigenvalue weighted by Gasteiger charge is 2.25. The maximum absolute atomic E-state index is 13.5. The number of alkyl halides is 2. The number of piperazine rings is 1. The molecule has 0 atom stereocenters. The van der Waals surface area contributed by atoms with E-state index in [0.29, 0.717) is 18.5 Å². The van der Waals surface area contributed by atoms with Crippen molar-refractivity contribution in [3.05, 3.63) is 73.1 Å². The number of anilines is 1. The van der Waals surface area contributed by atoms with E-state index in [2.05, 4.69) is 32.2 Å². The van der Waals surface area contributed by atoms with Crippen LogP contribution in [0.25, 0.3) is 27.6 Å². The molecule has 1 aliphatic heterocycles. The Morgan fingerprint density at radius 1 is 1.07 bits per heavy atom. The molecule has 218 valence electrons. The van der Waals surface area contributed by atoms with Crippen molar-refractivity contribution >= 4 is 33.8 Å². The second kappa shape index (κ2) is 12.7. The lowest BCUT2D eigenvalue weighted by Gasteiger charge is -2.34. The van der Waals surface area contributed by atoms with Crippen LogP contribution in [-0.2, 0) is 16.1 Å². The molecule has 3 heterocycles. The van der Waals surface area contributed by atoms with Crippen LogP contribution in [0.5, 0.6) is 5.75 Å².